The highest BCUT2D eigenvalue weighted by molar-refractivity contribution is 7.89. The Morgan fingerprint density at radius 1 is 1.35 bits per heavy atom. The third-order valence-electron chi connectivity index (χ3n) is 4.70. The van der Waals surface area contributed by atoms with E-state index in [1.54, 1.807) is 12.1 Å². The maximum Gasteiger partial charge on any atom is 0.248 e. The van der Waals surface area contributed by atoms with E-state index in [0.717, 1.165) is 23.1 Å². The van der Waals surface area contributed by atoms with Gasteiger partial charge in [0.05, 0.1) is 15.1 Å². The number of sulfonamides is 1. The maximum atomic E-state index is 12.4. The Labute approximate surface area is 157 Å². The number of nitrogens with zero attached hydrogens (tertiary/aromatic N) is 2. The number of hydrogen-bond donors (Lipinski definition) is 1. The molecule has 1 saturated carbocycles. The second kappa shape index (κ2) is 7.85. The van der Waals surface area contributed by atoms with Gasteiger partial charge in [-0.25, -0.2) is 13.6 Å². The van der Waals surface area contributed by atoms with Crippen LogP contribution in [-0.2, 0) is 21.4 Å². The van der Waals surface area contributed by atoms with Gasteiger partial charge in [-0.05, 0) is 37.0 Å². The monoisotopic (exact) mass is 393 g/mol. The summed E-state index contributed by atoms with van der Waals surface area (Å²) in [5.41, 5.74) is 0.812. The van der Waals surface area contributed by atoms with Crippen molar-refractivity contribution < 1.29 is 13.2 Å². The molecule has 1 aliphatic rings. The van der Waals surface area contributed by atoms with Gasteiger partial charge in [0.1, 0.15) is 0 Å². The van der Waals surface area contributed by atoms with Gasteiger partial charge < -0.3 is 4.57 Å². The Kier molecular flexibility index (Phi) is 5.74. The van der Waals surface area contributed by atoms with E-state index < -0.39 is 10.0 Å². The van der Waals surface area contributed by atoms with Crippen LogP contribution < -0.4 is 9.94 Å². The van der Waals surface area contributed by atoms with Crippen LogP contribution in [0.25, 0.3) is 10.2 Å². The van der Waals surface area contributed by atoms with Crippen LogP contribution in [0.4, 0.5) is 0 Å². The van der Waals surface area contributed by atoms with Crippen molar-refractivity contribution in [2.45, 2.75) is 50.0 Å². The van der Waals surface area contributed by atoms with E-state index in [4.69, 9.17) is 5.14 Å². The minimum Gasteiger partial charge on any atom is -0.313 e. The number of fused-ring (bicyclic) bond motifs is 1. The van der Waals surface area contributed by atoms with Crippen LogP contribution in [0.3, 0.4) is 0 Å². The van der Waals surface area contributed by atoms with E-state index in [-0.39, 0.29) is 10.8 Å². The van der Waals surface area contributed by atoms with Gasteiger partial charge in [0, 0.05) is 13.0 Å². The zero-order valence-electron chi connectivity index (χ0n) is 14.6. The van der Waals surface area contributed by atoms with Gasteiger partial charge in [0.25, 0.3) is 0 Å². The highest BCUT2D eigenvalue weighted by atomic mass is 32.2. The molecule has 140 valence electrons. The molecule has 6 nitrogen and oxygen atoms in total. The van der Waals surface area contributed by atoms with Gasteiger partial charge in [-0.15, -0.1) is 6.58 Å². The smallest absolute Gasteiger partial charge is 0.248 e. The Bertz CT molecular complexity index is 996. The lowest BCUT2D eigenvalue weighted by Crippen LogP contribution is -2.18. The Morgan fingerprint density at radius 2 is 2.08 bits per heavy atom. The molecular weight excluding hydrogens is 370 g/mol. The van der Waals surface area contributed by atoms with Crippen molar-refractivity contribution in [2.75, 3.05) is 0 Å². The summed E-state index contributed by atoms with van der Waals surface area (Å²) in [6.45, 7) is 4.24. The van der Waals surface area contributed by atoms with E-state index in [0.29, 0.717) is 23.7 Å². The van der Waals surface area contributed by atoms with E-state index in [1.807, 2.05) is 4.57 Å². The number of amides is 1. The van der Waals surface area contributed by atoms with Crippen molar-refractivity contribution in [1.82, 2.24) is 4.57 Å². The van der Waals surface area contributed by atoms with E-state index in [1.165, 1.54) is 42.7 Å². The molecule has 2 aromatic rings. The fourth-order valence-corrected chi connectivity index (χ4v) is 5.12. The number of primary sulfonamides is 1. The van der Waals surface area contributed by atoms with Gasteiger partial charge in [0.15, 0.2) is 4.80 Å². The molecule has 1 amide bonds. The first kappa shape index (κ1) is 19.0. The number of hydrogen-bond acceptors (Lipinski definition) is 4. The first-order valence-corrected chi connectivity index (χ1v) is 11.1. The molecule has 26 heavy (non-hydrogen) atoms. The van der Waals surface area contributed by atoms with Gasteiger partial charge in [-0.2, -0.15) is 4.99 Å². The molecule has 0 saturated heterocycles. The molecule has 0 aliphatic heterocycles. The summed E-state index contributed by atoms with van der Waals surface area (Å²) in [6.07, 6.45) is 8.02. The summed E-state index contributed by atoms with van der Waals surface area (Å²) in [5.74, 6) is 0.309. The minimum atomic E-state index is -3.77. The molecule has 1 aromatic carbocycles. The molecule has 2 N–H and O–H groups in total. The molecule has 1 heterocycles. The first-order chi connectivity index (χ1) is 12.4. The van der Waals surface area contributed by atoms with Crippen molar-refractivity contribution >= 4 is 37.5 Å². The van der Waals surface area contributed by atoms with Gasteiger partial charge in [0.2, 0.25) is 15.9 Å². The third kappa shape index (κ3) is 4.31. The van der Waals surface area contributed by atoms with Crippen molar-refractivity contribution in [3.05, 3.63) is 35.7 Å². The third-order valence-corrected chi connectivity index (χ3v) is 6.65. The van der Waals surface area contributed by atoms with Crippen LogP contribution >= 0.6 is 11.3 Å². The summed E-state index contributed by atoms with van der Waals surface area (Å²) >= 11 is 1.29. The summed E-state index contributed by atoms with van der Waals surface area (Å²) < 4.78 is 25.7. The zero-order valence-corrected chi connectivity index (χ0v) is 16.2. The summed E-state index contributed by atoms with van der Waals surface area (Å²) in [7, 11) is -3.77. The summed E-state index contributed by atoms with van der Waals surface area (Å²) in [4.78, 5) is 17.4. The number of carbonyl (C=O) groups is 1. The molecular formula is C18H23N3O3S2. The predicted octanol–water partition coefficient (Wildman–Crippen LogP) is 2.93. The number of nitrogens with two attached hydrogens (primary N) is 1. The Hall–Kier alpha value is -1.77. The van der Waals surface area contributed by atoms with Gasteiger partial charge >= 0.3 is 0 Å². The van der Waals surface area contributed by atoms with Crippen LogP contribution in [-0.4, -0.2) is 18.9 Å². The highest BCUT2D eigenvalue weighted by Crippen LogP contribution is 2.26. The maximum absolute atomic E-state index is 12.4. The Morgan fingerprint density at radius 3 is 2.73 bits per heavy atom. The molecule has 0 unspecified atom stereocenters. The highest BCUT2D eigenvalue weighted by Gasteiger charge is 2.17. The van der Waals surface area contributed by atoms with Crippen molar-refractivity contribution in [3.63, 3.8) is 0 Å². The minimum absolute atomic E-state index is 0.0529. The first-order valence-electron chi connectivity index (χ1n) is 8.73. The molecule has 1 fully saturated rings. The SMILES string of the molecule is C=CCn1c(=NC(=O)CC2CCCCC2)sc2cc(S(N)(=O)=O)ccc21. The number of allylic oxidation sites excluding steroid dienone is 1. The number of rotatable bonds is 5. The van der Waals surface area contributed by atoms with E-state index in [9.17, 15) is 13.2 Å². The largest absolute Gasteiger partial charge is 0.313 e. The fourth-order valence-electron chi connectivity index (χ4n) is 3.41. The molecule has 8 heteroatoms. The molecule has 0 spiro atoms. The lowest BCUT2D eigenvalue weighted by molar-refractivity contribution is -0.119. The van der Waals surface area contributed by atoms with Crippen molar-refractivity contribution in [1.29, 1.82) is 0 Å². The molecule has 1 aliphatic carbocycles. The normalized spacial score (nSPS) is 16.9. The summed E-state index contributed by atoms with van der Waals surface area (Å²) in [6, 6.07) is 4.69. The van der Waals surface area contributed by atoms with Crippen LogP contribution in [0, 0.1) is 5.92 Å². The number of thiazole rings is 1. The standard InChI is InChI=1S/C18H23N3O3S2/c1-2-10-21-15-9-8-14(26(19,23)24)12-16(15)25-18(21)20-17(22)11-13-6-4-3-5-7-13/h2,8-9,12-13H,1,3-7,10-11H2,(H2,19,23,24). The second-order valence-corrected chi connectivity index (χ2v) is 9.24. The molecule has 1 aromatic heterocycles. The van der Waals surface area contributed by atoms with E-state index in [2.05, 4.69) is 11.6 Å². The van der Waals surface area contributed by atoms with Gasteiger partial charge in [-0.3, -0.25) is 4.79 Å². The molecule has 0 atom stereocenters. The lowest BCUT2D eigenvalue weighted by atomic mass is 9.87. The zero-order chi connectivity index (χ0) is 18.7. The summed E-state index contributed by atoms with van der Waals surface area (Å²) in [5, 5.41) is 5.21. The molecule has 0 radical (unpaired) electrons. The number of carbonyl (C=O) groups excluding carboxylic acids is 1. The van der Waals surface area contributed by atoms with E-state index >= 15 is 0 Å². The molecule has 0 bridgehead atoms. The van der Waals surface area contributed by atoms with Crippen molar-refractivity contribution in [2.24, 2.45) is 16.0 Å². The average molecular weight is 394 g/mol. The van der Waals surface area contributed by atoms with Crippen LogP contribution in [0.2, 0.25) is 0 Å². The fraction of sp³-hybridized carbons (Fsp3) is 0.444. The van der Waals surface area contributed by atoms with Crippen LogP contribution in [0.15, 0.2) is 40.7 Å². The number of aromatic nitrogens is 1. The van der Waals surface area contributed by atoms with Gasteiger partial charge in [-0.1, -0.05) is 36.7 Å². The molecule has 3 rings (SSSR count). The Balaban J connectivity index is 1.98. The second-order valence-electron chi connectivity index (χ2n) is 6.67. The quantitative estimate of drug-likeness (QED) is 0.791. The van der Waals surface area contributed by atoms with Crippen LogP contribution in [0.1, 0.15) is 38.5 Å². The predicted molar refractivity (Wildman–Crippen MR) is 103 cm³/mol. The van der Waals surface area contributed by atoms with Crippen LogP contribution in [0.5, 0.6) is 0 Å². The lowest BCUT2D eigenvalue weighted by Gasteiger charge is -2.19. The average Bonchev–Trinajstić information content (AvgIpc) is 2.92. The topological polar surface area (TPSA) is 94.5 Å². The van der Waals surface area contributed by atoms with Crippen molar-refractivity contribution in [3.8, 4) is 0 Å². The number of benzene rings is 1.